The number of hydrogen-bond donors (Lipinski definition) is 4. The molecule has 6 nitrogen and oxygen atoms in total. The van der Waals surface area contributed by atoms with Crippen LogP contribution in [0, 0.1) is 0 Å². The van der Waals surface area contributed by atoms with Gasteiger partial charge in [0.2, 0.25) is 0 Å². The van der Waals surface area contributed by atoms with E-state index in [1.165, 1.54) is 13.8 Å². The van der Waals surface area contributed by atoms with Crippen molar-refractivity contribution in [2.75, 3.05) is 5.32 Å². The van der Waals surface area contributed by atoms with E-state index in [0.29, 0.717) is 5.69 Å². The van der Waals surface area contributed by atoms with Crippen LogP contribution in [0.15, 0.2) is 30.3 Å². The van der Waals surface area contributed by atoms with Crippen LogP contribution in [0.2, 0.25) is 0 Å². The second kappa shape index (κ2) is 5.50. The molecule has 0 bridgehead atoms. The molecular weight excluding hydrogens is 236 g/mol. The Morgan fingerprint density at radius 2 is 1.78 bits per heavy atom. The minimum atomic E-state index is -1.56. The highest BCUT2D eigenvalue weighted by atomic mass is 16.4. The zero-order chi connectivity index (χ0) is 13.8. The molecule has 0 radical (unpaired) electrons. The summed E-state index contributed by atoms with van der Waals surface area (Å²) in [7, 11) is 0. The molecule has 0 aliphatic carbocycles. The van der Waals surface area contributed by atoms with E-state index in [-0.39, 0.29) is 0 Å². The first kappa shape index (κ1) is 14.0. The van der Waals surface area contributed by atoms with Crippen LogP contribution >= 0.6 is 0 Å². The van der Waals surface area contributed by atoms with Gasteiger partial charge in [-0.25, -0.2) is 9.59 Å². The molecule has 0 saturated carbocycles. The smallest absolute Gasteiger partial charge is 0.329 e. The molecule has 0 fully saturated rings. The Labute approximate surface area is 105 Å². The van der Waals surface area contributed by atoms with Gasteiger partial charge >= 0.3 is 12.0 Å². The summed E-state index contributed by atoms with van der Waals surface area (Å²) in [6.07, 6.45) is 0. The average molecular weight is 252 g/mol. The van der Waals surface area contributed by atoms with Crippen LogP contribution in [-0.4, -0.2) is 33.9 Å². The minimum absolute atomic E-state index is 0.537. The SMILES string of the molecule is CC(C)(O)C(NC(=O)Nc1ccccc1)C(=O)O. The van der Waals surface area contributed by atoms with Crippen LogP contribution in [0.1, 0.15) is 13.8 Å². The molecule has 1 atom stereocenters. The molecular formula is C12H16N2O4. The lowest BCUT2D eigenvalue weighted by atomic mass is 9.99. The largest absolute Gasteiger partial charge is 0.480 e. The van der Waals surface area contributed by atoms with Gasteiger partial charge in [0.25, 0.3) is 0 Å². The lowest BCUT2D eigenvalue weighted by molar-refractivity contribution is -0.145. The van der Waals surface area contributed by atoms with E-state index in [1.54, 1.807) is 30.3 Å². The highest BCUT2D eigenvalue weighted by molar-refractivity contribution is 5.92. The molecule has 0 aromatic heterocycles. The summed E-state index contributed by atoms with van der Waals surface area (Å²) in [5.41, 5.74) is -1.02. The Hall–Kier alpha value is -2.08. The molecule has 0 aliphatic heterocycles. The molecule has 0 heterocycles. The first-order chi connectivity index (χ1) is 8.30. The normalized spacial score (nSPS) is 12.6. The van der Waals surface area contributed by atoms with Gasteiger partial charge in [-0.2, -0.15) is 0 Å². The molecule has 1 unspecified atom stereocenters. The number of anilines is 1. The molecule has 6 heteroatoms. The Kier molecular flexibility index (Phi) is 4.28. The van der Waals surface area contributed by atoms with E-state index in [9.17, 15) is 14.7 Å². The van der Waals surface area contributed by atoms with Crippen molar-refractivity contribution in [2.45, 2.75) is 25.5 Å². The van der Waals surface area contributed by atoms with Crippen LogP contribution in [0.4, 0.5) is 10.5 Å². The number of carbonyl (C=O) groups excluding carboxylic acids is 1. The van der Waals surface area contributed by atoms with Crippen LogP contribution in [-0.2, 0) is 4.79 Å². The van der Waals surface area contributed by atoms with Crippen molar-refractivity contribution in [3.8, 4) is 0 Å². The first-order valence-electron chi connectivity index (χ1n) is 5.38. The Bertz CT molecular complexity index is 425. The number of amides is 2. The maximum absolute atomic E-state index is 11.6. The summed E-state index contributed by atoms with van der Waals surface area (Å²) in [5, 5.41) is 23.2. The average Bonchev–Trinajstić information content (AvgIpc) is 2.25. The van der Waals surface area contributed by atoms with Crippen molar-refractivity contribution in [1.82, 2.24) is 5.32 Å². The zero-order valence-electron chi connectivity index (χ0n) is 10.2. The summed E-state index contributed by atoms with van der Waals surface area (Å²) < 4.78 is 0. The number of urea groups is 1. The van der Waals surface area contributed by atoms with E-state index in [2.05, 4.69) is 10.6 Å². The number of rotatable bonds is 4. The summed E-state index contributed by atoms with van der Waals surface area (Å²) in [5.74, 6) is -1.30. The number of nitrogens with one attached hydrogen (secondary N) is 2. The molecule has 1 rings (SSSR count). The Morgan fingerprint density at radius 1 is 1.22 bits per heavy atom. The van der Waals surface area contributed by atoms with E-state index >= 15 is 0 Å². The van der Waals surface area contributed by atoms with Gasteiger partial charge in [-0.05, 0) is 26.0 Å². The fourth-order valence-electron chi connectivity index (χ4n) is 1.36. The topological polar surface area (TPSA) is 98.7 Å². The second-order valence-electron chi connectivity index (χ2n) is 4.39. The predicted octanol–water partition coefficient (Wildman–Crippen LogP) is 1.03. The molecule has 0 saturated heterocycles. The van der Waals surface area contributed by atoms with Crippen molar-refractivity contribution < 1.29 is 19.8 Å². The number of carboxylic acid groups (broad SMARTS) is 1. The van der Waals surface area contributed by atoms with Gasteiger partial charge in [-0.1, -0.05) is 18.2 Å². The first-order valence-corrected chi connectivity index (χ1v) is 5.38. The fourth-order valence-corrected chi connectivity index (χ4v) is 1.36. The standard InChI is InChI=1S/C12H16N2O4/c1-12(2,18)9(10(15)16)14-11(17)13-8-6-4-3-5-7-8/h3-7,9,18H,1-2H3,(H,15,16)(H2,13,14,17). The summed E-state index contributed by atoms with van der Waals surface area (Å²) in [6.45, 7) is 2.63. The zero-order valence-corrected chi connectivity index (χ0v) is 10.2. The van der Waals surface area contributed by atoms with Crippen molar-refractivity contribution in [1.29, 1.82) is 0 Å². The van der Waals surface area contributed by atoms with Gasteiger partial charge in [0.1, 0.15) is 0 Å². The monoisotopic (exact) mass is 252 g/mol. The van der Waals surface area contributed by atoms with E-state index in [1.807, 2.05) is 0 Å². The number of benzene rings is 1. The number of aliphatic carboxylic acids is 1. The van der Waals surface area contributed by atoms with Gasteiger partial charge in [0.05, 0.1) is 5.60 Å². The quantitative estimate of drug-likeness (QED) is 0.643. The van der Waals surface area contributed by atoms with Gasteiger partial charge in [-0.15, -0.1) is 0 Å². The molecule has 4 N–H and O–H groups in total. The molecule has 1 aromatic rings. The van der Waals surface area contributed by atoms with Crippen LogP contribution in [0.25, 0.3) is 0 Å². The third-order valence-electron chi connectivity index (χ3n) is 2.26. The third kappa shape index (κ3) is 4.06. The molecule has 18 heavy (non-hydrogen) atoms. The lowest BCUT2D eigenvalue weighted by Crippen LogP contribution is -2.55. The molecule has 0 aliphatic rings. The number of hydrogen-bond acceptors (Lipinski definition) is 3. The molecule has 1 aromatic carbocycles. The predicted molar refractivity (Wildman–Crippen MR) is 66.3 cm³/mol. The number of aliphatic hydroxyl groups is 1. The molecule has 2 amide bonds. The fraction of sp³-hybridized carbons (Fsp3) is 0.333. The van der Waals surface area contributed by atoms with Gasteiger partial charge in [-0.3, -0.25) is 0 Å². The van der Waals surface area contributed by atoms with Crippen LogP contribution in [0.3, 0.4) is 0 Å². The van der Waals surface area contributed by atoms with Crippen molar-refractivity contribution in [2.24, 2.45) is 0 Å². The highest BCUT2D eigenvalue weighted by Crippen LogP contribution is 2.10. The van der Waals surface area contributed by atoms with Crippen molar-refractivity contribution in [3.05, 3.63) is 30.3 Å². The van der Waals surface area contributed by atoms with E-state index < -0.39 is 23.6 Å². The minimum Gasteiger partial charge on any atom is -0.480 e. The van der Waals surface area contributed by atoms with Gasteiger partial charge < -0.3 is 20.8 Å². The van der Waals surface area contributed by atoms with Crippen LogP contribution < -0.4 is 10.6 Å². The van der Waals surface area contributed by atoms with Crippen molar-refractivity contribution >= 4 is 17.7 Å². The summed E-state index contributed by atoms with van der Waals surface area (Å²) in [6, 6.07) is 6.52. The molecule has 98 valence electrons. The lowest BCUT2D eigenvalue weighted by Gasteiger charge is -2.26. The van der Waals surface area contributed by atoms with Crippen molar-refractivity contribution in [3.63, 3.8) is 0 Å². The highest BCUT2D eigenvalue weighted by Gasteiger charge is 2.34. The van der Waals surface area contributed by atoms with Gasteiger partial charge in [0.15, 0.2) is 6.04 Å². The third-order valence-corrected chi connectivity index (χ3v) is 2.26. The van der Waals surface area contributed by atoms with Gasteiger partial charge in [0, 0.05) is 5.69 Å². The summed E-state index contributed by atoms with van der Waals surface area (Å²) >= 11 is 0. The number of carboxylic acids is 1. The number of para-hydroxylation sites is 1. The molecule has 0 spiro atoms. The summed E-state index contributed by atoms with van der Waals surface area (Å²) in [4.78, 5) is 22.5. The van der Waals surface area contributed by atoms with Crippen LogP contribution in [0.5, 0.6) is 0 Å². The second-order valence-corrected chi connectivity index (χ2v) is 4.39. The van der Waals surface area contributed by atoms with E-state index in [4.69, 9.17) is 5.11 Å². The Balaban J connectivity index is 2.66. The van der Waals surface area contributed by atoms with E-state index in [0.717, 1.165) is 0 Å². The maximum atomic E-state index is 11.6. The number of carbonyl (C=O) groups is 2. The Morgan fingerprint density at radius 3 is 2.22 bits per heavy atom. The maximum Gasteiger partial charge on any atom is 0.329 e.